The molecule has 1 aromatic rings. The largest absolute Gasteiger partial charge is 0.314 e. The van der Waals surface area contributed by atoms with Gasteiger partial charge in [0.2, 0.25) is 0 Å². The zero-order chi connectivity index (χ0) is 13.8. The summed E-state index contributed by atoms with van der Waals surface area (Å²) in [5, 5.41) is 3.71. The van der Waals surface area contributed by atoms with E-state index in [4.69, 9.17) is 11.6 Å². The second-order valence-electron chi connectivity index (χ2n) is 5.24. The highest BCUT2D eigenvalue weighted by molar-refractivity contribution is 9.10. The zero-order valence-corrected chi connectivity index (χ0v) is 13.5. The molecule has 1 fully saturated rings. The second kappa shape index (κ2) is 7.05. The highest BCUT2D eigenvalue weighted by atomic mass is 79.9. The Morgan fingerprint density at radius 3 is 2.84 bits per heavy atom. The van der Waals surface area contributed by atoms with Crippen LogP contribution in [0.3, 0.4) is 0 Å². The van der Waals surface area contributed by atoms with E-state index in [1.165, 1.54) is 19.3 Å². The quantitative estimate of drug-likeness (QED) is 0.580. The van der Waals surface area contributed by atoms with E-state index < -0.39 is 0 Å². The van der Waals surface area contributed by atoms with Crippen LogP contribution in [-0.4, -0.2) is 12.6 Å². The van der Waals surface area contributed by atoms with Gasteiger partial charge in [-0.2, -0.15) is 0 Å². The average molecular weight is 349 g/mol. The fourth-order valence-electron chi connectivity index (χ4n) is 2.97. The summed E-state index contributed by atoms with van der Waals surface area (Å²) in [5.41, 5.74) is 0.776. The van der Waals surface area contributed by atoms with Crippen LogP contribution < -0.4 is 5.32 Å². The summed E-state index contributed by atoms with van der Waals surface area (Å²) in [5.74, 6) is 0.0235. The molecule has 19 heavy (non-hydrogen) atoms. The van der Waals surface area contributed by atoms with Gasteiger partial charge in [-0.05, 0) is 59.3 Å². The molecule has 106 valence electrons. The van der Waals surface area contributed by atoms with Gasteiger partial charge in [0, 0.05) is 10.5 Å². The Balaban J connectivity index is 2.22. The van der Waals surface area contributed by atoms with Crippen molar-refractivity contribution in [3.8, 4) is 0 Å². The fraction of sp³-hybridized carbons (Fsp3) is 0.600. The van der Waals surface area contributed by atoms with Gasteiger partial charge in [-0.1, -0.05) is 37.4 Å². The molecule has 1 saturated carbocycles. The Bertz CT molecular complexity index is 438. The van der Waals surface area contributed by atoms with Crippen molar-refractivity contribution in [3.05, 3.63) is 33.0 Å². The van der Waals surface area contributed by atoms with E-state index in [2.05, 4.69) is 28.2 Å². The van der Waals surface area contributed by atoms with Crippen LogP contribution in [0.2, 0.25) is 5.02 Å². The molecular weight excluding hydrogens is 329 g/mol. The van der Waals surface area contributed by atoms with Gasteiger partial charge in [-0.3, -0.25) is 0 Å². The van der Waals surface area contributed by atoms with Crippen molar-refractivity contribution >= 4 is 27.5 Å². The Labute approximate surface area is 128 Å². The van der Waals surface area contributed by atoms with Crippen LogP contribution in [0, 0.1) is 5.82 Å². The van der Waals surface area contributed by atoms with Crippen molar-refractivity contribution in [2.45, 2.75) is 51.0 Å². The van der Waals surface area contributed by atoms with E-state index in [1.54, 1.807) is 0 Å². The van der Waals surface area contributed by atoms with Crippen molar-refractivity contribution < 1.29 is 4.39 Å². The summed E-state index contributed by atoms with van der Waals surface area (Å²) in [6, 6.07) is 4.23. The molecule has 1 aliphatic carbocycles. The van der Waals surface area contributed by atoms with Gasteiger partial charge in [-0.25, -0.2) is 4.39 Å². The summed E-state index contributed by atoms with van der Waals surface area (Å²) in [4.78, 5) is 0. The van der Waals surface area contributed by atoms with Crippen molar-refractivity contribution in [2.24, 2.45) is 0 Å². The number of halogens is 3. The maximum absolute atomic E-state index is 14.3. The van der Waals surface area contributed by atoms with Gasteiger partial charge >= 0.3 is 0 Å². The van der Waals surface area contributed by atoms with E-state index in [0.717, 1.165) is 24.9 Å². The van der Waals surface area contributed by atoms with Crippen LogP contribution in [0.5, 0.6) is 0 Å². The third-order valence-electron chi connectivity index (χ3n) is 3.92. The van der Waals surface area contributed by atoms with E-state index in [1.807, 2.05) is 12.1 Å². The van der Waals surface area contributed by atoms with Crippen LogP contribution in [0.15, 0.2) is 16.6 Å². The minimum atomic E-state index is -0.252. The predicted molar refractivity (Wildman–Crippen MR) is 82.4 cm³/mol. The Morgan fingerprint density at radius 1 is 1.37 bits per heavy atom. The Morgan fingerprint density at radius 2 is 2.11 bits per heavy atom. The summed E-state index contributed by atoms with van der Waals surface area (Å²) < 4.78 is 14.9. The Hall–Kier alpha value is -0.120. The number of hydrogen-bond donors (Lipinski definition) is 1. The molecule has 0 radical (unpaired) electrons. The lowest BCUT2D eigenvalue weighted by molar-refractivity contribution is 0.441. The van der Waals surface area contributed by atoms with Gasteiger partial charge in [0.05, 0.1) is 5.02 Å². The Kier molecular flexibility index (Phi) is 5.67. The van der Waals surface area contributed by atoms with Crippen molar-refractivity contribution in [1.29, 1.82) is 0 Å². The molecule has 4 heteroatoms. The third-order valence-corrected chi connectivity index (χ3v) is 5.18. The standard InChI is InChI=1S/C15H20BrClFN/c1-2-19-11-6-4-3-5-10(9-11)12-7-8-13(16)14(17)15(12)18/h7-8,10-11,19H,2-6,9H2,1H3. The molecule has 1 aromatic carbocycles. The maximum Gasteiger partial charge on any atom is 0.146 e. The first-order chi connectivity index (χ1) is 9.13. The first kappa shape index (κ1) is 15.3. The highest BCUT2D eigenvalue weighted by Crippen LogP contribution is 2.37. The SMILES string of the molecule is CCNC1CCCCC(c2ccc(Br)c(Cl)c2F)C1. The number of nitrogens with one attached hydrogen (secondary N) is 1. The monoisotopic (exact) mass is 347 g/mol. The van der Waals surface area contributed by atoms with Crippen LogP contribution in [0.1, 0.15) is 50.5 Å². The lowest BCUT2D eigenvalue weighted by atomic mass is 9.90. The van der Waals surface area contributed by atoms with Gasteiger partial charge < -0.3 is 5.32 Å². The van der Waals surface area contributed by atoms with Crippen molar-refractivity contribution in [3.63, 3.8) is 0 Å². The lowest BCUT2D eigenvalue weighted by Crippen LogP contribution is -2.29. The molecular formula is C15H20BrClFN. The molecule has 1 aliphatic rings. The third kappa shape index (κ3) is 3.71. The second-order valence-corrected chi connectivity index (χ2v) is 6.47. The predicted octanol–water partition coefficient (Wildman–Crippen LogP) is 5.27. The molecule has 0 aromatic heterocycles. The zero-order valence-electron chi connectivity index (χ0n) is 11.2. The molecule has 0 amide bonds. The van der Waals surface area contributed by atoms with Gasteiger partial charge in [0.25, 0.3) is 0 Å². The van der Waals surface area contributed by atoms with Crippen LogP contribution in [0.25, 0.3) is 0 Å². The molecule has 0 bridgehead atoms. The van der Waals surface area contributed by atoms with E-state index in [-0.39, 0.29) is 16.8 Å². The summed E-state index contributed by atoms with van der Waals surface area (Å²) in [7, 11) is 0. The van der Waals surface area contributed by atoms with Crippen molar-refractivity contribution in [1.82, 2.24) is 5.32 Å². The lowest BCUT2D eigenvalue weighted by Gasteiger charge is -2.22. The number of benzene rings is 1. The number of rotatable bonds is 3. The topological polar surface area (TPSA) is 12.0 Å². The first-order valence-electron chi connectivity index (χ1n) is 7.00. The first-order valence-corrected chi connectivity index (χ1v) is 8.17. The molecule has 0 saturated heterocycles. The number of hydrogen-bond acceptors (Lipinski definition) is 1. The smallest absolute Gasteiger partial charge is 0.146 e. The fourth-order valence-corrected chi connectivity index (χ4v) is 3.45. The van der Waals surface area contributed by atoms with Crippen LogP contribution >= 0.6 is 27.5 Å². The van der Waals surface area contributed by atoms with Gasteiger partial charge in [0.15, 0.2) is 0 Å². The molecule has 0 heterocycles. The minimum Gasteiger partial charge on any atom is -0.314 e. The molecule has 2 unspecified atom stereocenters. The van der Waals surface area contributed by atoms with E-state index in [9.17, 15) is 4.39 Å². The van der Waals surface area contributed by atoms with Gasteiger partial charge in [-0.15, -0.1) is 0 Å². The summed E-state index contributed by atoms with van der Waals surface area (Å²) >= 11 is 9.27. The van der Waals surface area contributed by atoms with Gasteiger partial charge in [0.1, 0.15) is 5.82 Å². The van der Waals surface area contributed by atoms with Crippen LogP contribution in [-0.2, 0) is 0 Å². The molecule has 1 N–H and O–H groups in total. The summed E-state index contributed by atoms with van der Waals surface area (Å²) in [6.45, 7) is 3.10. The molecule has 2 rings (SSSR count). The molecule has 1 nitrogen and oxygen atoms in total. The molecule has 0 spiro atoms. The van der Waals surface area contributed by atoms with Crippen LogP contribution in [0.4, 0.5) is 4.39 Å². The van der Waals surface area contributed by atoms with Crippen molar-refractivity contribution in [2.75, 3.05) is 6.54 Å². The van der Waals surface area contributed by atoms with E-state index >= 15 is 0 Å². The normalized spacial score (nSPS) is 24.2. The molecule has 2 atom stereocenters. The maximum atomic E-state index is 14.3. The molecule has 0 aliphatic heterocycles. The average Bonchev–Trinajstić information content (AvgIpc) is 2.62. The highest BCUT2D eigenvalue weighted by Gasteiger charge is 2.24. The summed E-state index contributed by atoms with van der Waals surface area (Å²) in [6.07, 6.45) is 5.63. The minimum absolute atomic E-state index is 0.210. The van der Waals surface area contributed by atoms with E-state index in [0.29, 0.717) is 10.5 Å².